The minimum absolute atomic E-state index is 0.0638. The van der Waals surface area contributed by atoms with Gasteiger partial charge in [-0.05, 0) is 42.5 Å². The third-order valence-corrected chi connectivity index (χ3v) is 3.39. The Morgan fingerprint density at radius 2 is 1.88 bits per heavy atom. The number of nitriles is 1. The molecule has 1 amide bonds. The molecule has 0 unspecified atom stereocenters. The third kappa shape index (κ3) is 4.77. The highest BCUT2D eigenvalue weighted by atomic mass is 19.4. The molecule has 0 heterocycles. The van der Waals surface area contributed by atoms with Gasteiger partial charge in [0.15, 0.2) is 0 Å². The highest BCUT2D eigenvalue weighted by Crippen LogP contribution is 2.30. The molecule has 0 fully saturated rings. The maximum absolute atomic E-state index is 12.7. The Morgan fingerprint density at radius 1 is 1.23 bits per heavy atom. The van der Waals surface area contributed by atoms with Crippen molar-refractivity contribution in [3.05, 3.63) is 65.9 Å². The third-order valence-electron chi connectivity index (χ3n) is 3.39. The Labute approximate surface area is 147 Å². The number of aromatic hydroxyl groups is 1. The molecule has 134 valence electrons. The normalized spacial score (nSPS) is 11.6. The Hall–Kier alpha value is -3.47. The zero-order chi connectivity index (χ0) is 19.3. The lowest BCUT2D eigenvalue weighted by molar-refractivity contribution is -0.137. The molecular weight excluding hydrogens is 347 g/mol. The van der Waals surface area contributed by atoms with Gasteiger partial charge in [0.25, 0.3) is 5.91 Å². The van der Waals surface area contributed by atoms with Crippen LogP contribution in [0.1, 0.15) is 5.56 Å². The van der Waals surface area contributed by atoms with E-state index in [1.54, 1.807) is 25.2 Å². The van der Waals surface area contributed by atoms with Crippen LogP contribution in [0, 0.1) is 11.3 Å². The Bertz CT molecular complexity index is 868. The van der Waals surface area contributed by atoms with Crippen LogP contribution >= 0.6 is 0 Å². The fourth-order valence-electron chi connectivity index (χ4n) is 2.07. The van der Waals surface area contributed by atoms with Gasteiger partial charge in [-0.25, -0.2) is 0 Å². The van der Waals surface area contributed by atoms with Gasteiger partial charge in [0.1, 0.15) is 17.4 Å². The fourth-order valence-corrected chi connectivity index (χ4v) is 2.07. The van der Waals surface area contributed by atoms with E-state index in [0.717, 1.165) is 18.2 Å². The SMILES string of the molecule is CN(/C=C(/C#N)C(=O)Nc1cccc(C(F)(F)F)c1)c1ccc(O)cc1. The summed E-state index contributed by atoms with van der Waals surface area (Å²) >= 11 is 0. The summed E-state index contributed by atoms with van der Waals surface area (Å²) in [4.78, 5) is 13.7. The molecule has 0 saturated carbocycles. The van der Waals surface area contributed by atoms with Crippen LogP contribution in [0.2, 0.25) is 0 Å². The molecule has 5 nitrogen and oxygen atoms in total. The van der Waals surface area contributed by atoms with Gasteiger partial charge >= 0.3 is 6.18 Å². The molecule has 0 aliphatic rings. The standard InChI is InChI=1S/C18H14F3N3O2/c1-24(15-5-7-16(25)8-6-15)11-12(10-22)17(26)23-14-4-2-3-13(9-14)18(19,20)21/h2-9,11,25H,1H3,(H,23,26)/b12-11-. The van der Waals surface area contributed by atoms with Gasteiger partial charge in [-0.1, -0.05) is 6.07 Å². The van der Waals surface area contributed by atoms with E-state index in [0.29, 0.717) is 5.69 Å². The number of phenolic OH excluding ortho intramolecular Hbond substituents is 1. The molecule has 0 aliphatic carbocycles. The largest absolute Gasteiger partial charge is 0.508 e. The van der Waals surface area contributed by atoms with Crippen molar-refractivity contribution < 1.29 is 23.1 Å². The average Bonchev–Trinajstić information content (AvgIpc) is 2.59. The topological polar surface area (TPSA) is 76.4 Å². The number of phenols is 1. The van der Waals surface area contributed by atoms with Gasteiger partial charge in [-0.15, -0.1) is 0 Å². The fraction of sp³-hybridized carbons (Fsp3) is 0.111. The van der Waals surface area contributed by atoms with E-state index < -0.39 is 17.6 Å². The lowest BCUT2D eigenvalue weighted by Gasteiger charge is -2.15. The van der Waals surface area contributed by atoms with Crippen molar-refractivity contribution in [3.63, 3.8) is 0 Å². The molecule has 0 spiro atoms. The summed E-state index contributed by atoms with van der Waals surface area (Å²) in [5, 5.41) is 20.7. The number of benzene rings is 2. The van der Waals surface area contributed by atoms with E-state index in [4.69, 9.17) is 0 Å². The summed E-state index contributed by atoms with van der Waals surface area (Å²) in [6, 6.07) is 11.9. The van der Waals surface area contributed by atoms with Crippen molar-refractivity contribution in [2.24, 2.45) is 0 Å². The molecule has 0 bridgehead atoms. The monoisotopic (exact) mass is 361 g/mol. The number of rotatable bonds is 4. The minimum Gasteiger partial charge on any atom is -0.508 e. The van der Waals surface area contributed by atoms with Crippen molar-refractivity contribution in [2.75, 3.05) is 17.3 Å². The van der Waals surface area contributed by atoms with E-state index in [1.807, 2.05) is 0 Å². The van der Waals surface area contributed by atoms with Crippen molar-refractivity contribution in [3.8, 4) is 11.8 Å². The first kappa shape index (κ1) is 18.9. The van der Waals surface area contributed by atoms with Gasteiger partial charge in [0.05, 0.1) is 5.56 Å². The minimum atomic E-state index is -4.53. The Balaban J connectivity index is 2.18. The van der Waals surface area contributed by atoms with Gasteiger partial charge in [-0.2, -0.15) is 18.4 Å². The molecule has 2 N–H and O–H groups in total. The maximum Gasteiger partial charge on any atom is 0.416 e. The summed E-state index contributed by atoms with van der Waals surface area (Å²) in [7, 11) is 1.58. The summed E-state index contributed by atoms with van der Waals surface area (Å²) in [5.41, 5.74) is -0.669. The lowest BCUT2D eigenvalue weighted by Crippen LogP contribution is -2.18. The second-order valence-corrected chi connectivity index (χ2v) is 5.31. The number of alkyl halides is 3. The Morgan fingerprint density at radius 3 is 2.46 bits per heavy atom. The lowest BCUT2D eigenvalue weighted by atomic mass is 10.2. The zero-order valence-corrected chi connectivity index (χ0v) is 13.6. The van der Waals surface area contributed by atoms with Crippen molar-refractivity contribution in [1.82, 2.24) is 0 Å². The molecular formula is C18H14F3N3O2. The number of nitrogens with zero attached hydrogens (tertiary/aromatic N) is 2. The first-order chi connectivity index (χ1) is 12.2. The number of hydrogen-bond donors (Lipinski definition) is 2. The number of carbonyl (C=O) groups is 1. The number of amides is 1. The van der Waals surface area contributed by atoms with E-state index in [2.05, 4.69) is 5.32 Å². The van der Waals surface area contributed by atoms with Crippen LogP contribution in [-0.2, 0) is 11.0 Å². The van der Waals surface area contributed by atoms with Crippen molar-refractivity contribution in [1.29, 1.82) is 5.26 Å². The summed E-state index contributed by atoms with van der Waals surface area (Å²) in [6.07, 6.45) is -3.29. The van der Waals surface area contributed by atoms with Crippen LogP contribution in [0.25, 0.3) is 0 Å². The predicted molar refractivity (Wildman–Crippen MR) is 90.3 cm³/mol. The molecule has 0 saturated heterocycles. The average molecular weight is 361 g/mol. The predicted octanol–water partition coefficient (Wildman–Crippen LogP) is 3.89. The maximum atomic E-state index is 12.7. The molecule has 0 aromatic heterocycles. The molecule has 8 heteroatoms. The van der Waals surface area contributed by atoms with Crippen LogP contribution in [0.5, 0.6) is 5.75 Å². The first-order valence-corrected chi connectivity index (χ1v) is 7.33. The number of hydrogen-bond acceptors (Lipinski definition) is 4. The van der Waals surface area contributed by atoms with Crippen LogP contribution in [0.15, 0.2) is 60.3 Å². The molecule has 2 aromatic carbocycles. The smallest absolute Gasteiger partial charge is 0.416 e. The number of nitrogens with one attached hydrogen (secondary N) is 1. The molecule has 26 heavy (non-hydrogen) atoms. The van der Waals surface area contributed by atoms with E-state index in [9.17, 15) is 28.3 Å². The van der Waals surface area contributed by atoms with Crippen LogP contribution in [0.4, 0.5) is 24.5 Å². The van der Waals surface area contributed by atoms with Crippen LogP contribution in [-0.4, -0.2) is 18.1 Å². The van der Waals surface area contributed by atoms with Gasteiger partial charge in [0, 0.05) is 24.6 Å². The second-order valence-electron chi connectivity index (χ2n) is 5.31. The van der Waals surface area contributed by atoms with Gasteiger partial charge < -0.3 is 15.3 Å². The van der Waals surface area contributed by atoms with Crippen molar-refractivity contribution >= 4 is 17.3 Å². The zero-order valence-electron chi connectivity index (χ0n) is 13.6. The summed E-state index contributed by atoms with van der Waals surface area (Å²) in [6.45, 7) is 0. The molecule has 0 atom stereocenters. The van der Waals surface area contributed by atoms with E-state index in [1.165, 1.54) is 29.3 Å². The number of anilines is 2. The molecule has 0 aliphatic heterocycles. The van der Waals surface area contributed by atoms with Gasteiger partial charge in [0.2, 0.25) is 0 Å². The first-order valence-electron chi connectivity index (χ1n) is 7.33. The van der Waals surface area contributed by atoms with Gasteiger partial charge in [-0.3, -0.25) is 4.79 Å². The highest BCUT2D eigenvalue weighted by molar-refractivity contribution is 6.06. The summed E-state index contributed by atoms with van der Waals surface area (Å²) in [5.74, 6) is -0.772. The number of carbonyl (C=O) groups excluding carboxylic acids is 1. The molecule has 2 rings (SSSR count). The van der Waals surface area contributed by atoms with E-state index >= 15 is 0 Å². The molecule has 2 aromatic rings. The number of halogens is 3. The van der Waals surface area contributed by atoms with E-state index in [-0.39, 0.29) is 17.0 Å². The highest BCUT2D eigenvalue weighted by Gasteiger charge is 2.30. The second kappa shape index (κ2) is 7.61. The van der Waals surface area contributed by atoms with Crippen molar-refractivity contribution in [2.45, 2.75) is 6.18 Å². The molecule has 0 radical (unpaired) electrons. The Kier molecular flexibility index (Phi) is 5.52. The quantitative estimate of drug-likeness (QED) is 0.640. The van der Waals surface area contributed by atoms with Crippen LogP contribution < -0.4 is 10.2 Å². The summed E-state index contributed by atoms with van der Waals surface area (Å²) < 4.78 is 38.2. The van der Waals surface area contributed by atoms with Crippen LogP contribution in [0.3, 0.4) is 0 Å².